The molecule has 0 saturated carbocycles. The van der Waals surface area contributed by atoms with Gasteiger partial charge in [-0.05, 0) is 57.9 Å². The SMILES string of the molecule is Oc1ccccc1-c1cc2ccccc2c2c1OB(c1cc(C(F)(F)F)cc(C(F)(F)F)c1)Oc1ccc3ccccc3c1-2. The third-order valence-electron chi connectivity index (χ3n) is 7.68. The molecule has 1 heterocycles. The summed E-state index contributed by atoms with van der Waals surface area (Å²) in [6.07, 6.45) is -10.1. The number of fused-ring (bicyclic) bond motifs is 7. The first-order chi connectivity index (χ1) is 21.0. The molecule has 6 aromatic carbocycles. The maximum atomic E-state index is 13.9. The average Bonchev–Trinajstić information content (AvgIpc) is 3.18. The Morgan fingerprint density at radius 2 is 1.14 bits per heavy atom. The van der Waals surface area contributed by atoms with Crippen molar-refractivity contribution in [3.05, 3.63) is 120 Å². The van der Waals surface area contributed by atoms with Crippen LogP contribution in [0.4, 0.5) is 26.3 Å². The van der Waals surface area contributed by atoms with Crippen LogP contribution in [0.2, 0.25) is 0 Å². The highest BCUT2D eigenvalue weighted by Gasteiger charge is 2.42. The molecular formula is C34H19BF6O3. The summed E-state index contributed by atoms with van der Waals surface area (Å²) in [5.41, 5.74) is -1.63. The summed E-state index contributed by atoms with van der Waals surface area (Å²) in [7, 11) is -1.72. The van der Waals surface area contributed by atoms with Gasteiger partial charge in [0.25, 0.3) is 0 Å². The third-order valence-corrected chi connectivity index (χ3v) is 7.68. The average molecular weight is 600 g/mol. The van der Waals surface area contributed by atoms with Crippen molar-refractivity contribution in [2.45, 2.75) is 12.4 Å². The molecule has 1 aliphatic heterocycles. The molecule has 0 unspecified atom stereocenters. The van der Waals surface area contributed by atoms with Crippen LogP contribution >= 0.6 is 0 Å². The number of rotatable bonds is 2. The van der Waals surface area contributed by atoms with E-state index in [2.05, 4.69) is 0 Å². The van der Waals surface area contributed by atoms with Crippen LogP contribution in [0.5, 0.6) is 17.2 Å². The number of benzene rings is 6. The number of phenolic OH excluding ortho intramolecular Hbond substituents is 1. The molecule has 0 bridgehead atoms. The van der Waals surface area contributed by atoms with Crippen LogP contribution in [-0.4, -0.2) is 12.2 Å². The predicted molar refractivity (Wildman–Crippen MR) is 157 cm³/mol. The van der Waals surface area contributed by atoms with E-state index >= 15 is 0 Å². The first-order valence-electron chi connectivity index (χ1n) is 13.5. The van der Waals surface area contributed by atoms with Crippen LogP contribution in [0.15, 0.2) is 109 Å². The fourth-order valence-electron chi connectivity index (χ4n) is 5.71. The lowest BCUT2D eigenvalue weighted by Gasteiger charge is -2.21. The molecule has 0 aliphatic carbocycles. The standard InChI is InChI=1S/C34H19BF6O3/c36-33(37,38)21-16-22(34(39,40)41)18-23(17-21)35-43-29-14-13-19-7-1-3-9-24(19)30(29)31-25-10-4-2-8-20(25)15-27(32(31)44-35)26-11-5-6-12-28(26)42/h1-18,42H. The molecule has 0 spiro atoms. The van der Waals surface area contributed by atoms with E-state index in [1.54, 1.807) is 36.4 Å². The normalized spacial score (nSPS) is 13.2. The molecule has 218 valence electrons. The molecule has 6 aromatic rings. The van der Waals surface area contributed by atoms with Crippen molar-refractivity contribution in [2.75, 3.05) is 0 Å². The van der Waals surface area contributed by atoms with Gasteiger partial charge < -0.3 is 14.4 Å². The van der Waals surface area contributed by atoms with Gasteiger partial charge in [0.1, 0.15) is 17.2 Å². The zero-order valence-corrected chi connectivity index (χ0v) is 22.5. The van der Waals surface area contributed by atoms with E-state index in [4.69, 9.17) is 9.31 Å². The van der Waals surface area contributed by atoms with Gasteiger partial charge in [-0.3, -0.25) is 0 Å². The number of hydrogen-bond acceptors (Lipinski definition) is 3. The lowest BCUT2D eigenvalue weighted by Crippen LogP contribution is -2.43. The van der Waals surface area contributed by atoms with Crippen molar-refractivity contribution in [3.63, 3.8) is 0 Å². The molecule has 1 aliphatic rings. The Labute approximate surface area is 247 Å². The highest BCUT2D eigenvalue weighted by molar-refractivity contribution is 6.63. The lowest BCUT2D eigenvalue weighted by atomic mass is 9.76. The van der Waals surface area contributed by atoms with Crippen molar-refractivity contribution in [3.8, 4) is 39.5 Å². The Balaban J connectivity index is 1.59. The van der Waals surface area contributed by atoms with Crippen LogP contribution in [-0.2, 0) is 12.4 Å². The molecule has 1 N–H and O–H groups in total. The first kappa shape index (κ1) is 27.7. The summed E-state index contributed by atoms with van der Waals surface area (Å²) >= 11 is 0. The zero-order valence-electron chi connectivity index (χ0n) is 22.5. The molecule has 0 amide bonds. The third kappa shape index (κ3) is 4.67. The van der Waals surface area contributed by atoms with E-state index in [1.165, 1.54) is 6.07 Å². The number of phenols is 1. The zero-order chi connectivity index (χ0) is 30.8. The molecule has 7 rings (SSSR count). The largest absolute Gasteiger partial charge is 0.632 e. The van der Waals surface area contributed by atoms with E-state index in [9.17, 15) is 31.4 Å². The van der Waals surface area contributed by atoms with E-state index in [0.717, 1.165) is 16.2 Å². The van der Waals surface area contributed by atoms with Crippen LogP contribution in [0.3, 0.4) is 0 Å². The fourth-order valence-corrected chi connectivity index (χ4v) is 5.71. The summed E-state index contributed by atoms with van der Waals surface area (Å²) in [6, 6.07) is 27.7. The molecule has 0 radical (unpaired) electrons. The fraction of sp³-hybridized carbons (Fsp3) is 0.0588. The van der Waals surface area contributed by atoms with E-state index in [-0.39, 0.29) is 23.3 Å². The molecule has 44 heavy (non-hydrogen) atoms. The monoisotopic (exact) mass is 600 g/mol. The van der Waals surface area contributed by atoms with Gasteiger partial charge in [0.2, 0.25) is 0 Å². The van der Waals surface area contributed by atoms with Crippen molar-refractivity contribution < 1.29 is 40.8 Å². The maximum absolute atomic E-state index is 13.9. The summed E-state index contributed by atoms with van der Waals surface area (Å²) in [4.78, 5) is 0. The van der Waals surface area contributed by atoms with Gasteiger partial charge in [-0.2, -0.15) is 26.3 Å². The molecule has 3 nitrogen and oxygen atoms in total. The van der Waals surface area contributed by atoms with Gasteiger partial charge in [-0.15, -0.1) is 0 Å². The number of para-hydroxylation sites is 1. The van der Waals surface area contributed by atoms with Gasteiger partial charge in [0.15, 0.2) is 0 Å². The van der Waals surface area contributed by atoms with E-state index in [1.807, 2.05) is 48.5 Å². The topological polar surface area (TPSA) is 38.7 Å². The number of alkyl halides is 6. The second-order valence-corrected chi connectivity index (χ2v) is 10.4. The molecule has 0 saturated heterocycles. The van der Waals surface area contributed by atoms with E-state index < -0.39 is 36.1 Å². The van der Waals surface area contributed by atoms with Crippen molar-refractivity contribution in [1.29, 1.82) is 0 Å². The molecule has 0 aromatic heterocycles. The van der Waals surface area contributed by atoms with Crippen LogP contribution in [0.1, 0.15) is 11.1 Å². The predicted octanol–water partition coefficient (Wildman–Crippen LogP) is 9.24. The maximum Gasteiger partial charge on any atom is 0.632 e. The summed E-state index contributed by atoms with van der Waals surface area (Å²) in [6.45, 7) is 0. The minimum absolute atomic E-state index is 0.0660. The lowest BCUT2D eigenvalue weighted by molar-refractivity contribution is -0.142. The highest BCUT2D eigenvalue weighted by atomic mass is 19.4. The Bertz CT molecular complexity index is 2060. The van der Waals surface area contributed by atoms with Gasteiger partial charge in [0.05, 0.1) is 11.1 Å². The minimum atomic E-state index is -5.07. The Hall–Kier alpha value is -5.12. The quantitative estimate of drug-likeness (QED) is 0.159. The number of aromatic hydroxyl groups is 1. The first-order valence-corrected chi connectivity index (χ1v) is 13.5. The minimum Gasteiger partial charge on any atom is -0.521 e. The summed E-state index contributed by atoms with van der Waals surface area (Å²) in [5, 5.41) is 13.9. The Morgan fingerprint density at radius 1 is 0.545 bits per heavy atom. The van der Waals surface area contributed by atoms with Crippen molar-refractivity contribution >= 4 is 34.1 Å². The second kappa shape index (κ2) is 9.97. The molecule has 0 atom stereocenters. The van der Waals surface area contributed by atoms with Crippen LogP contribution < -0.4 is 14.8 Å². The van der Waals surface area contributed by atoms with Crippen LogP contribution in [0, 0.1) is 0 Å². The number of halogens is 6. The van der Waals surface area contributed by atoms with Gasteiger partial charge in [-0.1, -0.05) is 72.8 Å². The Kier molecular flexibility index (Phi) is 6.28. The number of hydrogen-bond donors (Lipinski definition) is 1. The van der Waals surface area contributed by atoms with Crippen molar-refractivity contribution in [2.24, 2.45) is 0 Å². The summed E-state index contributed by atoms with van der Waals surface area (Å²) < 4.78 is 95.8. The second-order valence-electron chi connectivity index (χ2n) is 10.4. The van der Waals surface area contributed by atoms with Crippen molar-refractivity contribution in [1.82, 2.24) is 0 Å². The molecule has 10 heteroatoms. The van der Waals surface area contributed by atoms with Gasteiger partial charge in [0, 0.05) is 27.7 Å². The highest BCUT2D eigenvalue weighted by Crippen LogP contribution is 2.52. The molecule has 0 fully saturated rings. The van der Waals surface area contributed by atoms with Crippen LogP contribution in [0.25, 0.3) is 43.8 Å². The van der Waals surface area contributed by atoms with E-state index in [0.29, 0.717) is 39.8 Å². The summed E-state index contributed by atoms with van der Waals surface area (Å²) in [5.74, 6) is 0.251. The smallest absolute Gasteiger partial charge is 0.521 e. The van der Waals surface area contributed by atoms with Gasteiger partial charge in [-0.25, -0.2) is 0 Å². The Morgan fingerprint density at radius 3 is 1.80 bits per heavy atom. The van der Waals surface area contributed by atoms with Gasteiger partial charge >= 0.3 is 19.5 Å². The molecular weight excluding hydrogens is 581 g/mol.